The van der Waals surface area contributed by atoms with Crippen molar-refractivity contribution < 1.29 is 43.8 Å². The molecule has 3 aromatic carbocycles. The van der Waals surface area contributed by atoms with Crippen LogP contribution in [0, 0.1) is 0 Å². The molecule has 0 aromatic heterocycles. The molecule has 0 bridgehead atoms. The normalized spacial score (nSPS) is 14.2. The van der Waals surface area contributed by atoms with Gasteiger partial charge in [-0.2, -0.15) is 0 Å². The van der Waals surface area contributed by atoms with Gasteiger partial charge in [-0.3, -0.25) is 38.5 Å². The number of benzene rings is 3. The average Bonchev–Trinajstić information content (AvgIpc) is 2.89. The van der Waals surface area contributed by atoms with E-state index in [9.17, 15) is 33.6 Å². The third-order valence-corrected chi connectivity index (χ3v) is 6.32. The fourth-order valence-corrected chi connectivity index (χ4v) is 4.59. The minimum Gasteiger partial charge on any atom is -0.481 e. The van der Waals surface area contributed by atoms with E-state index in [1.165, 1.54) is 48.5 Å². The Morgan fingerprint density at radius 2 is 1.13 bits per heavy atom. The summed E-state index contributed by atoms with van der Waals surface area (Å²) in [5.74, 6) is -5.88. The molecule has 0 saturated carbocycles. The maximum atomic E-state index is 13.5. The summed E-state index contributed by atoms with van der Waals surface area (Å²) in [6, 6.07) is 10.9. The first kappa shape index (κ1) is 24.3. The van der Waals surface area contributed by atoms with Gasteiger partial charge in [-0.25, -0.2) is 4.90 Å². The molecule has 38 heavy (non-hydrogen) atoms. The van der Waals surface area contributed by atoms with Crippen molar-refractivity contribution in [3.05, 3.63) is 76.3 Å². The van der Waals surface area contributed by atoms with Crippen molar-refractivity contribution in [2.45, 2.75) is 6.42 Å². The van der Waals surface area contributed by atoms with E-state index in [2.05, 4.69) is 5.32 Å². The zero-order valence-electron chi connectivity index (χ0n) is 19.4. The van der Waals surface area contributed by atoms with Crippen molar-refractivity contribution in [2.24, 2.45) is 0 Å². The molecular formula is C26H17N3O9. The molecule has 2 aliphatic rings. The quantitative estimate of drug-likeness (QED) is 0.394. The highest BCUT2D eigenvalue weighted by Gasteiger charge is 2.40. The largest absolute Gasteiger partial charge is 0.481 e. The first-order chi connectivity index (χ1) is 18.1. The molecule has 0 aliphatic carbocycles. The zero-order valence-corrected chi connectivity index (χ0v) is 19.4. The third kappa shape index (κ3) is 3.75. The van der Waals surface area contributed by atoms with Gasteiger partial charge in [0.1, 0.15) is 6.54 Å². The number of hydrogen-bond donors (Lipinski definition) is 3. The van der Waals surface area contributed by atoms with Crippen molar-refractivity contribution in [1.82, 2.24) is 10.2 Å². The van der Waals surface area contributed by atoms with Crippen LogP contribution in [-0.2, 0) is 9.59 Å². The average molecular weight is 515 g/mol. The number of carbonyl (C=O) groups is 7. The molecule has 12 heteroatoms. The van der Waals surface area contributed by atoms with Gasteiger partial charge in [0, 0.05) is 45.1 Å². The molecule has 2 aliphatic heterocycles. The second kappa shape index (κ2) is 8.92. The van der Waals surface area contributed by atoms with E-state index >= 15 is 0 Å². The van der Waals surface area contributed by atoms with Gasteiger partial charge in [0.25, 0.3) is 29.5 Å². The summed E-state index contributed by atoms with van der Waals surface area (Å²) < 4.78 is 0. The highest BCUT2D eigenvalue weighted by atomic mass is 16.4. The molecule has 0 fully saturated rings. The second-order valence-corrected chi connectivity index (χ2v) is 8.55. The summed E-state index contributed by atoms with van der Waals surface area (Å²) in [6.07, 6.45) is -0.432. The fraction of sp³-hybridized carbons (Fsp3) is 0.115. The first-order valence-electron chi connectivity index (χ1n) is 11.3. The van der Waals surface area contributed by atoms with Crippen molar-refractivity contribution in [1.29, 1.82) is 0 Å². The molecule has 0 spiro atoms. The van der Waals surface area contributed by atoms with Crippen LogP contribution in [0.15, 0.2) is 48.5 Å². The Labute approximate surface area is 213 Å². The van der Waals surface area contributed by atoms with Crippen LogP contribution in [0.2, 0.25) is 0 Å². The van der Waals surface area contributed by atoms with E-state index in [0.29, 0.717) is 0 Å². The second-order valence-electron chi connectivity index (χ2n) is 8.55. The molecule has 5 rings (SSSR count). The highest BCUT2D eigenvalue weighted by Crippen LogP contribution is 2.39. The molecule has 5 amide bonds. The summed E-state index contributed by atoms with van der Waals surface area (Å²) in [4.78, 5) is 88.5. The molecule has 0 atom stereocenters. The smallest absolute Gasteiger partial charge is 0.322 e. The van der Waals surface area contributed by atoms with Crippen LogP contribution < -0.4 is 10.2 Å². The van der Waals surface area contributed by atoms with E-state index in [4.69, 9.17) is 10.2 Å². The Kier molecular flexibility index (Phi) is 5.71. The number of anilines is 1. The number of rotatable bonds is 7. The van der Waals surface area contributed by atoms with E-state index in [1.807, 2.05) is 0 Å². The highest BCUT2D eigenvalue weighted by molar-refractivity contribution is 6.39. The number of nitrogens with one attached hydrogen (secondary N) is 1. The fourth-order valence-electron chi connectivity index (χ4n) is 4.59. The van der Waals surface area contributed by atoms with E-state index in [1.54, 1.807) is 0 Å². The maximum absolute atomic E-state index is 13.5. The van der Waals surface area contributed by atoms with Crippen molar-refractivity contribution in [3.63, 3.8) is 0 Å². The van der Waals surface area contributed by atoms with Crippen molar-refractivity contribution in [2.75, 3.05) is 18.0 Å². The third-order valence-electron chi connectivity index (χ3n) is 6.32. The number of amides is 5. The van der Waals surface area contributed by atoms with Crippen LogP contribution in [0.5, 0.6) is 0 Å². The van der Waals surface area contributed by atoms with Gasteiger partial charge in [0.2, 0.25) is 0 Å². The molecule has 0 unspecified atom stereocenters. The lowest BCUT2D eigenvalue weighted by Gasteiger charge is -2.31. The van der Waals surface area contributed by atoms with Gasteiger partial charge in [-0.1, -0.05) is 0 Å². The monoisotopic (exact) mass is 515 g/mol. The lowest BCUT2D eigenvalue weighted by atomic mass is 9.85. The molecule has 0 saturated heterocycles. The first-order valence-corrected chi connectivity index (χ1v) is 11.3. The van der Waals surface area contributed by atoms with Crippen LogP contribution in [0.25, 0.3) is 10.8 Å². The number of aliphatic carboxylic acids is 2. The Morgan fingerprint density at radius 3 is 1.58 bits per heavy atom. The van der Waals surface area contributed by atoms with Gasteiger partial charge >= 0.3 is 11.9 Å². The molecule has 3 aromatic rings. The molecule has 190 valence electrons. The van der Waals surface area contributed by atoms with Gasteiger partial charge in [0.05, 0.1) is 12.1 Å². The van der Waals surface area contributed by atoms with Crippen LogP contribution in [0.1, 0.15) is 58.2 Å². The van der Waals surface area contributed by atoms with Crippen LogP contribution in [-0.4, -0.2) is 69.7 Å². The Balaban J connectivity index is 1.53. The predicted octanol–water partition coefficient (Wildman–Crippen LogP) is 1.53. The molecule has 0 radical (unpaired) electrons. The van der Waals surface area contributed by atoms with Gasteiger partial charge < -0.3 is 15.5 Å². The Bertz CT molecular complexity index is 1550. The van der Waals surface area contributed by atoms with E-state index < -0.39 is 54.4 Å². The summed E-state index contributed by atoms with van der Waals surface area (Å²) in [6.45, 7) is -0.899. The van der Waals surface area contributed by atoms with Gasteiger partial charge in [-0.15, -0.1) is 0 Å². The van der Waals surface area contributed by atoms with Gasteiger partial charge in [-0.05, 0) is 48.5 Å². The maximum Gasteiger partial charge on any atom is 0.322 e. The lowest BCUT2D eigenvalue weighted by Crippen LogP contribution is -2.44. The molecular weight excluding hydrogens is 498 g/mol. The topological polar surface area (TPSA) is 178 Å². The van der Waals surface area contributed by atoms with Crippen molar-refractivity contribution >= 4 is 57.9 Å². The molecule has 2 heterocycles. The van der Waals surface area contributed by atoms with E-state index in [-0.39, 0.29) is 50.8 Å². The number of carbonyl (C=O) groups excluding carboxylic acids is 5. The SMILES string of the molecule is O=C(O)CCN1C(=O)c2ccc3c4c(ccc(c24)C1=O)C(=O)N(c1ccc(C(=O)NCC(=O)O)cc1)C3=O. The summed E-state index contributed by atoms with van der Waals surface area (Å²) in [5, 5.41) is 20.2. The van der Waals surface area contributed by atoms with Crippen LogP contribution in [0.4, 0.5) is 5.69 Å². The number of carboxylic acids is 2. The summed E-state index contributed by atoms with van der Waals surface area (Å²) in [5.41, 5.74) is 0.606. The van der Waals surface area contributed by atoms with E-state index in [0.717, 1.165) is 9.80 Å². The number of carboxylic acid groups (broad SMARTS) is 2. The Morgan fingerprint density at radius 1 is 0.658 bits per heavy atom. The number of hydrogen-bond acceptors (Lipinski definition) is 7. The van der Waals surface area contributed by atoms with Gasteiger partial charge in [0.15, 0.2) is 0 Å². The predicted molar refractivity (Wildman–Crippen MR) is 129 cm³/mol. The number of nitrogens with zero attached hydrogens (tertiary/aromatic N) is 2. The van der Waals surface area contributed by atoms with Crippen molar-refractivity contribution in [3.8, 4) is 0 Å². The van der Waals surface area contributed by atoms with Crippen LogP contribution >= 0.6 is 0 Å². The lowest BCUT2D eigenvalue weighted by molar-refractivity contribution is -0.137. The van der Waals surface area contributed by atoms with Crippen LogP contribution in [0.3, 0.4) is 0 Å². The summed E-state index contributed by atoms with van der Waals surface area (Å²) >= 11 is 0. The zero-order chi connectivity index (χ0) is 27.3. The molecule has 3 N–H and O–H groups in total. The minimum atomic E-state index is -1.21. The molecule has 12 nitrogen and oxygen atoms in total. The number of imide groups is 2. The minimum absolute atomic E-state index is 0.0800. The summed E-state index contributed by atoms with van der Waals surface area (Å²) in [7, 11) is 0. The standard InChI is InChI=1S/C26H17N3O9/c30-18(31)9-10-28-23(35)14-5-7-16-21-17(8-6-15(20(14)21)24(28)36)26(38)29(25(16)37)13-3-1-12(2-4-13)22(34)27-11-19(32)33/h1-8H,9-11H2,(H,27,34)(H,30,31)(H,32,33). The Hall–Kier alpha value is -5.39.